The molecule has 6 heteroatoms. The van der Waals surface area contributed by atoms with Gasteiger partial charge in [-0.25, -0.2) is 4.98 Å². The molecule has 0 aliphatic carbocycles. The topological polar surface area (TPSA) is 59.9 Å². The zero-order chi connectivity index (χ0) is 13.0. The van der Waals surface area contributed by atoms with Gasteiger partial charge in [-0.05, 0) is 0 Å². The van der Waals surface area contributed by atoms with E-state index < -0.39 is 0 Å². The molecule has 0 aliphatic heterocycles. The van der Waals surface area contributed by atoms with Gasteiger partial charge in [0, 0.05) is 31.8 Å². The van der Waals surface area contributed by atoms with Crippen molar-refractivity contribution in [1.82, 2.24) is 15.0 Å². The van der Waals surface area contributed by atoms with Gasteiger partial charge in [-0.1, -0.05) is 18.5 Å². The molecule has 18 heavy (non-hydrogen) atoms. The number of nitrogens with one attached hydrogen (secondary N) is 1. The fourth-order valence-electron chi connectivity index (χ4n) is 1.38. The van der Waals surface area contributed by atoms with Gasteiger partial charge in [0.2, 0.25) is 5.88 Å². The van der Waals surface area contributed by atoms with Gasteiger partial charge < -0.3 is 10.1 Å². The second-order valence-corrected chi connectivity index (χ2v) is 3.99. The third-order valence-corrected chi connectivity index (χ3v) is 2.43. The largest absolute Gasteiger partial charge is 0.437 e. The van der Waals surface area contributed by atoms with E-state index in [0.29, 0.717) is 28.3 Å². The van der Waals surface area contributed by atoms with Gasteiger partial charge in [0.15, 0.2) is 0 Å². The second kappa shape index (κ2) is 5.64. The van der Waals surface area contributed by atoms with Crippen LogP contribution in [0.25, 0.3) is 0 Å². The van der Waals surface area contributed by atoms with E-state index in [1.807, 2.05) is 6.92 Å². The number of anilines is 1. The number of pyridine rings is 1. The summed E-state index contributed by atoms with van der Waals surface area (Å²) in [6.45, 7) is 1.99. The molecular weight excluding hydrogens is 252 g/mol. The van der Waals surface area contributed by atoms with Crippen LogP contribution < -0.4 is 10.1 Å². The van der Waals surface area contributed by atoms with E-state index in [9.17, 15) is 0 Å². The Morgan fingerprint density at radius 2 is 2.11 bits per heavy atom. The minimum Gasteiger partial charge on any atom is -0.437 e. The van der Waals surface area contributed by atoms with Crippen LogP contribution in [0.2, 0.25) is 5.02 Å². The van der Waals surface area contributed by atoms with Gasteiger partial charge in [-0.15, -0.1) is 0 Å². The highest BCUT2D eigenvalue weighted by Crippen LogP contribution is 2.23. The molecule has 2 heterocycles. The van der Waals surface area contributed by atoms with Gasteiger partial charge in [-0.3, -0.25) is 4.98 Å². The van der Waals surface area contributed by atoms with Gasteiger partial charge in [0.25, 0.3) is 0 Å². The molecule has 0 radical (unpaired) electrons. The molecule has 0 saturated heterocycles. The van der Waals surface area contributed by atoms with Gasteiger partial charge in [0.05, 0.1) is 11.2 Å². The predicted octanol–water partition coefficient (Wildman–Crippen LogP) is 2.92. The highest BCUT2D eigenvalue weighted by Gasteiger charge is 2.05. The highest BCUT2D eigenvalue weighted by atomic mass is 35.5. The molecule has 0 bridgehead atoms. The Labute approximate surface area is 110 Å². The molecule has 0 unspecified atom stereocenters. The highest BCUT2D eigenvalue weighted by molar-refractivity contribution is 6.30. The second-order valence-electron chi connectivity index (χ2n) is 3.55. The Morgan fingerprint density at radius 1 is 1.28 bits per heavy atom. The van der Waals surface area contributed by atoms with E-state index in [0.717, 1.165) is 6.42 Å². The lowest BCUT2D eigenvalue weighted by molar-refractivity contribution is 0.457. The zero-order valence-electron chi connectivity index (χ0n) is 10.1. The number of aromatic nitrogens is 3. The van der Waals surface area contributed by atoms with Crippen LogP contribution in [0, 0.1) is 0 Å². The van der Waals surface area contributed by atoms with E-state index in [1.165, 1.54) is 0 Å². The summed E-state index contributed by atoms with van der Waals surface area (Å²) in [6, 6.07) is 3.40. The van der Waals surface area contributed by atoms with Crippen molar-refractivity contribution in [3.05, 3.63) is 35.4 Å². The lowest BCUT2D eigenvalue weighted by Crippen LogP contribution is -2.01. The average molecular weight is 265 g/mol. The molecule has 2 rings (SSSR count). The molecule has 0 amide bonds. The molecular formula is C12H13ClN4O. The Hall–Kier alpha value is -1.88. The monoisotopic (exact) mass is 264 g/mol. The predicted molar refractivity (Wildman–Crippen MR) is 70.3 cm³/mol. The standard InChI is InChI=1S/C12H13ClN4O/c1-3-10-16-11(14-2)5-12(17-10)18-9-4-8(13)6-15-7-9/h4-7H,3H2,1-2H3,(H,14,16,17). The first-order chi connectivity index (χ1) is 8.71. The van der Waals surface area contributed by atoms with Gasteiger partial charge in [0.1, 0.15) is 17.4 Å². The SMILES string of the molecule is CCc1nc(NC)cc(Oc2cncc(Cl)c2)n1. The van der Waals surface area contributed by atoms with Crippen LogP contribution in [0.3, 0.4) is 0 Å². The number of nitrogens with zero attached hydrogens (tertiary/aromatic N) is 3. The summed E-state index contributed by atoms with van der Waals surface area (Å²) < 4.78 is 5.61. The summed E-state index contributed by atoms with van der Waals surface area (Å²) in [6.07, 6.45) is 3.86. The van der Waals surface area contributed by atoms with Crippen LogP contribution in [0.4, 0.5) is 5.82 Å². The number of rotatable bonds is 4. The molecule has 94 valence electrons. The van der Waals surface area contributed by atoms with Crippen molar-refractivity contribution in [2.45, 2.75) is 13.3 Å². The third-order valence-electron chi connectivity index (χ3n) is 2.22. The van der Waals surface area contributed by atoms with Crippen molar-refractivity contribution >= 4 is 17.4 Å². The lowest BCUT2D eigenvalue weighted by Gasteiger charge is -2.08. The minimum absolute atomic E-state index is 0.468. The van der Waals surface area contributed by atoms with Gasteiger partial charge in [-0.2, -0.15) is 4.98 Å². The van der Waals surface area contributed by atoms with Crippen LogP contribution in [0.15, 0.2) is 24.5 Å². The van der Waals surface area contributed by atoms with Crippen molar-refractivity contribution in [3.63, 3.8) is 0 Å². The van der Waals surface area contributed by atoms with Crippen molar-refractivity contribution in [1.29, 1.82) is 0 Å². The molecule has 1 N–H and O–H groups in total. The third kappa shape index (κ3) is 3.07. The maximum atomic E-state index is 5.84. The van der Waals surface area contributed by atoms with Crippen LogP contribution >= 0.6 is 11.6 Å². The van der Waals surface area contributed by atoms with Crippen LogP contribution in [0.1, 0.15) is 12.7 Å². The van der Waals surface area contributed by atoms with Crippen LogP contribution in [0.5, 0.6) is 11.6 Å². The fourth-order valence-corrected chi connectivity index (χ4v) is 1.54. The molecule has 0 aromatic carbocycles. The number of halogens is 1. The molecule has 2 aromatic rings. The summed E-state index contributed by atoms with van der Waals surface area (Å²) in [5.41, 5.74) is 0. The number of hydrogen-bond acceptors (Lipinski definition) is 5. The summed E-state index contributed by atoms with van der Waals surface area (Å²) in [4.78, 5) is 12.5. The fraction of sp³-hybridized carbons (Fsp3) is 0.250. The Balaban J connectivity index is 2.28. The zero-order valence-corrected chi connectivity index (χ0v) is 10.9. The van der Waals surface area contributed by atoms with Crippen LogP contribution in [-0.2, 0) is 6.42 Å². The molecule has 0 spiro atoms. The normalized spacial score (nSPS) is 10.2. The van der Waals surface area contributed by atoms with E-state index >= 15 is 0 Å². The summed E-state index contributed by atoms with van der Waals surface area (Å²) in [5, 5.41) is 3.49. The molecule has 5 nitrogen and oxygen atoms in total. The van der Waals surface area contributed by atoms with E-state index in [1.54, 1.807) is 31.6 Å². The summed E-state index contributed by atoms with van der Waals surface area (Å²) in [5.74, 6) is 2.44. The molecule has 0 saturated carbocycles. The Morgan fingerprint density at radius 3 is 2.78 bits per heavy atom. The molecule has 0 atom stereocenters. The number of ether oxygens (including phenoxy) is 1. The molecule has 2 aromatic heterocycles. The first-order valence-corrected chi connectivity index (χ1v) is 5.93. The number of aryl methyl sites for hydroxylation is 1. The summed E-state index contributed by atoms with van der Waals surface area (Å²) in [7, 11) is 1.80. The van der Waals surface area contributed by atoms with E-state index in [-0.39, 0.29) is 0 Å². The van der Waals surface area contributed by atoms with Crippen molar-refractivity contribution in [3.8, 4) is 11.6 Å². The Kier molecular flexibility index (Phi) is 3.94. The van der Waals surface area contributed by atoms with Crippen molar-refractivity contribution < 1.29 is 4.74 Å². The molecule has 0 aliphatic rings. The lowest BCUT2D eigenvalue weighted by atomic mass is 10.4. The van der Waals surface area contributed by atoms with Crippen molar-refractivity contribution in [2.24, 2.45) is 0 Å². The smallest absolute Gasteiger partial charge is 0.224 e. The number of hydrogen-bond donors (Lipinski definition) is 1. The Bertz CT molecular complexity index is 525. The minimum atomic E-state index is 0.468. The van der Waals surface area contributed by atoms with Crippen molar-refractivity contribution in [2.75, 3.05) is 12.4 Å². The van der Waals surface area contributed by atoms with E-state index in [2.05, 4.69) is 20.3 Å². The quantitative estimate of drug-likeness (QED) is 0.920. The average Bonchev–Trinajstić information content (AvgIpc) is 2.38. The van der Waals surface area contributed by atoms with E-state index in [4.69, 9.17) is 16.3 Å². The first-order valence-electron chi connectivity index (χ1n) is 5.55. The molecule has 0 fully saturated rings. The van der Waals surface area contributed by atoms with Crippen LogP contribution in [-0.4, -0.2) is 22.0 Å². The summed E-state index contributed by atoms with van der Waals surface area (Å²) >= 11 is 5.84. The first kappa shape index (κ1) is 12.6. The maximum absolute atomic E-state index is 5.84. The maximum Gasteiger partial charge on any atom is 0.224 e. The van der Waals surface area contributed by atoms with Gasteiger partial charge >= 0.3 is 0 Å².